The molecule has 8 heteroatoms. The van der Waals surface area contributed by atoms with Crippen molar-refractivity contribution in [1.82, 2.24) is 13.9 Å². The molecule has 2 aromatic carbocycles. The first kappa shape index (κ1) is 21.4. The van der Waals surface area contributed by atoms with Crippen LogP contribution in [0, 0.1) is 11.3 Å². The minimum absolute atomic E-state index is 0.276. The van der Waals surface area contributed by atoms with Crippen molar-refractivity contribution in [2.24, 2.45) is 0 Å². The Morgan fingerprint density at radius 2 is 1.79 bits per heavy atom. The Kier molecular flexibility index (Phi) is 6.63. The average Bonchev–Trinajstić information content (AvgIpc) is 3.10. The summed E-state index contributed by atoms with van der Waals surface area (Å²) >= 11 is 1.60. The van der Waals surface area contributed by atoms with E-state index in [4.69, 9.17) is 10.2 Å². The fraction of sp³-hybridized carbons (Fsp3) is 0.333. The zero-order valence-electron chi connectivity index (χ0n) is 16.8. The van der Waals surface area contributed by atoms with Gasteiger partial charge in [0.2, 0.25) is 10.0 Å². The molecule has 0 saturated carbocycles. The SMILES string of the molecule is CCN(CC)S(=O)(=O)c1ccc2c(c1)nc(SCc1ccc(C#N)cc1)n2CC. The van der Waals surface area contributed by atoms with Gasteiger partial charge in [-0.1, -0.05) is 37.7 Å². The second kappa shape index (κ2) is 8.99. The highest BCUT2D eigenvalue weighted by Gasteiger charge is 2.23. The standard InChI is InChI=1S/C21H24N4O2S2/c1-4-24(5-2)29(26,27)18-11-12-20-19(13-18)23-21(25(20)6-3)28-15-17-9-7-16(14-22)8-10-17/h7-13H,4-6,15H2,1-3H3. The van der Waals surface area contributed by atoms with E-state index in [1.54, 1.807) is 23.9 Å². The maximum Gasteiger partial charge on any atom is 0.243 e. The van der Waals surface area contributed by atoms with E-state index in [1.165, 1.54) is 4.31 Å². The van der Waals surface area contributed by atoms with Crippen molar-refractivity contribution in [1.29, 1.82) is 5.26 Å². The van der Waals surface area contributed by atoms with Gasteiger partial charge >= 0.3 is 0 Å². The summed E-state index contributed by atoms with van der Waals surface area (Å²) in [6.45, 7) is 7.34. The highest BCUT2D eigenvalue weighted by molar-refractivity contribution is 7.98. The summed E-state index contributed by atoms with van der Waals surface area (Å²) in [5, 5.41) is 9.77. The highest BCUT2D eigenvalue weighted by Crippen LogP contribution is 2.29. The molecule has 0 radical (unpaired) electrons. The predicted molar refractivity (Wildman–Crippen MR) is 116 cm³/mol. The number of aryl methyl sites for hydroxylation is 1. The molecule has 29 heavy (non-hydrogen) atoms. The lowest BCUT2D eigenvalue weighted by Crippen LogP contribution is -2.30. The van der Waals surface area contributed by atoms with Crippen LogP contribution in [0.25, 0.3) is 11.0 Å². The van der Waals surface area contributed by atoms with Gasteiger partial charge in [0.15, 0.2) is 5.16 Å². The van der Waals surface area contributed by atoms with Gasteiger partial charge in [0.25, 0.3) is 0 Å². The number of rotatable bonds is 8. The molecule has 0 aliphatic carbocycles. The van der Waals surface area contributed by atoms with Crippen LogP contribution in [0.3, 0.4) is 0 Å². The van der Waals surface area contributed by atoms with Crippen LogP contribution in [0.2, 0.25) is 0 Å². The molecule has 0 bridgehead atoms. The molecule has 0 fully saturated rings. The highest BCUT2D eigenvalue weighted by atomic mass is 32.2. The van der Waals surface area contributed by atoms with Gasteiger partial charge in [-0.3, -0.25) is 0 Å². The smallest absolute Gasteiger partial charge is 0.243 e. The van der Waals surface area contributed by atoms with Crippen LogP contribution in [0.5, 0.6) is 0 Å². The van der Waals surface area contributed by atoms with E-state index in [2.05, 4.69) is 10.6 Å². The van der Waals surface area contributed by atoms with Crippen molar-refractivity contribution in [3.63, 3.8) is 0 Å². The molecule has 3 aromatic rings. The van der Waals surface area contributed by atoms with Crippen molar-refractivity contribution in [3.8, 4) is 6.07 Å². The van der Waals surface area contributed by atoms with Crippen LogP contribution in [-0.4, -0.2) is 35.4 Å². The number of thioether (sulfide) groups is 1. The molecule has 0 N–H and O–H groups in total. The zero-order chi connectivity index (χ0) is 21.0. The van der Waals surface area contributed by atoms with E-state index in [-0.39, 0.29) is 4.90 Å². The first-order valence-electron chi connectivity index (χ1n) is 9.56. The zero-order valence-corrected chi connectivity index (χ0v) is 18.4. The van der Waals surface area contributed by atoms with Crippen LogP contribution in [0.1, 0.15) is 31.9 Å². The van der Waals surface area contributed by atoms with Gasteiger partial charge in [0.1, 0.15) is 0 Å². The molecule has 152 valence electrons. The lowest BCUT2D eigenvalue weighted by atomic mass is 10.2. The maximum absolute atomic E-state index is 12.8. The molecule has 0 atom stereocenters. The molecule has 3 rings (SSSR count). The molecular formula is C21H24N4O2S2. The number of aromatic nitrogens is 2. The number of nitriles is 1. The predicted octanol–water partition coefficient (Wildman–Crippen LogP) is 4.25. The van der Waals surface area contributed by atoms with Gasteiger partial charge in [-0.05, 0) is 42.8 Å². The maximum atomic E-state index is 12.8. The minimum Gasteiger partial charge on any atom is -0.319 e. The van der Waals surface area contributed by atoms with Gasteiger partial charge in [-0.15, -0.1) is 0 Å². The lowest BCUT2D eigenvalue weighted by Gasteiger charge is -2.18. The average molecular weight is 429 g/mol. The van der Waals surface area contributed by atoms with Gasteiger partial charge in [0.05, 0.1) is 27.6 Å². The molecule has 0 saturated heterocycles. The lowest BCUT2D eigenvalue weighted by molar-refractivity contribution is 0.445. The Hall–Kier alpha value is -2.34. The number of benzene rings is 2. The molecule has 0 amide bonds. The van der Waals surface area contributed by atoms with E-state index in [0.29, 0.717) is 24.2 Å². The molecule has 1 heterocycles. The van der Waals surface area contributed by atoms with Gasteiger partial charge in [-0.25, -0.2) is 13.4 Å². The minimum atomic E-state index is -3.51. The summed E-state index contributed by atoms with van der Waals surface area (Å²) in [6, 6.07) is 14.8. The largest absolute Gasteiger partial charge is 0.319 e. The topological polar surface area (TPSA) is 79.0 Å². The quantitative estimate of drug-likeness (QED) is 0.501. The van der Waals surface area contributed by atoms with Crippen LogP contribution in [-0.2, 0) is 22.3 Å². The first-order chi connectivity index (χ1) is 13.9. The number of hydrogen-bond acceptors (Lipinski definition) is 5. The Labute approximate surface area is 176 Å². The molecule has 0 aliphatic heterocycles. The van der Waals surface area contributed by atoms with Crippen LogP contribution in [0.4, 0.5) is 0 Å². The van der Waals surface area contributed by atoms with Crippen LogP contribution >= 0.6 is 11.8 Å². The Bertz CT molecular complexity index is 1140. The fourth-order valence-corrected chi connectivity index (χ4v) is 5.71. The molecule has 6 nitrogen and oxygen atoms in total. The van der Waals surface area contributed by atoms with Crippen molar-refractivity contribution in [2.45, 2.75) is 43.1 Å². The Morgan fingerprint density at radius 1 is 1.10 bits per heavy atom. The van der Waals surface area contributed by atoms with E-state index in [1.807, 2.05) is 51.1 Å². The second-order valence-electron chi connectivity index (χ2n) is 6.48. The summed E-state index contributed by atoms with van der Waals surface area (Å²) in [7, 11) is -3.51. The van der Waals surface area contributed by atoms with Crippen molar-refractivity contribution < 1.29 is 8.42 Å². The number of imidazole rings is 1. The molecule has 1 aromatic heterocycles. The second-order valence-corrected chi connectivity index (χ2v) is 9.36. The number of hydrogen-bond donors (Lipinski definition) is 0. The van der Waals surface area contributed by atoms with E-state index in [0.717, 1.165) is 28.5 Å². The number of sulfonamides is 1. The normalized spacial score (nSPS) is 11.8. The van der Waals surface area contributed by atoms with Crippen LogP contribution in [0.15, 0.2) is 52.5 Å². The molecule has 0 unspecified atom stereocenters. The monoisotopic (exact) mass is 428 g/mol. The van der Waals surface area contributed by atoms with Gasteiger partial charge in [0, 0.05) is 25.4 Å². The van der Waals surface area contributed by atoms with E-state index < -0.39 is 10.0 Å². The fourth-order valence-electron chi connectivity index (χ4n) is 3.20. The van der Waals surface area contributed by atoms with Crippen molar-refractivity contribution in [3.05, 3.63) is 53.6 Å². The summed E-state index contributed by atoms with van der Waals surface area (Å²) in [5.41, 5.74) is 3.35. The Balaban J connectivity index is 1.91. The molecule has 0 spiro atoms. The van der Waals surface area contributed by atoms with E-state index >= 15 is 0 Å². The summed E-state index contributed by atoms with van der Waals surface area (Å²) in [4.78, 5) is 4.98. The van der Waals surface area contributed by atoms with Gasteiger partial charge in [-0.2, -0.15) is 9.57 Å². The number of fused-ring (bicyclic) bond motifs is 1. The number of nitrogens with zero attached hydrogens (tertiary/aromatic N) is 4. The third kappa shape index (κ3) is 4.32. The van der Waals surface area contributed by atoms with Crippen LogP contribution < -0.4 is 0 Å². The molecule has 0 aliphatic rings. The van der Waals surface area contributed by atoms with E-state index in [9.17, 15) is 8.42 Å². The molecular weight excluding hydrogens is 404 g/mol. The third-order valence-electron chi connectivity index (χ3n) is 4.80. The van der Waals surface area contributed by atoms with Crippen molar-refractivity contribution in [2.75, 3.05) is 13.1 Å². The summed E-state index contributed by atoms with van der Waals surface area (Å²) in [5.74, 6) is 0.722. The third-order valence-corrected chi connectivity index (χ3v) is 7.89. The first-order valence-corrected chi connectivity index (χ1v) is 12.0. The van der Waals surface area contributed by atoms with Gasteiger partial charge < -0.3 is 4.57 Å². The summed E-state index contributed by atoms with van der Waals surface area (Å²) < 4.78 is 29.2. The Morgan fingerprint density at radius 3 is 2.38 bits per heavy atom. The summed E-state index contributed by atoms with van der Waals surface area (Å²) in [6.07, 6.45) is 0. The van der Waals surface area contributed by atoms with Crippen molar-refractivity contribution >= 4 is 32.8 Å².